The first kappa shape index (κ1) is 13.0. The third kappa shape index (κ3) is 1.72. The summed E-state index contributed by atoms with van der Waals surface area (Å²) in [6.45, 7) is 0. The molecule has 0 radical (unpaired) electrons. The molecule has 106 valence electrons. The van der Waals surface area contributed by atoms with Crippen LogP contribution in [0, 0.1) is 11.6 Å². The largest absolute Gasteiger partial charge is 0.384 e. The van der Waals surface area contributed by atoms with Gasteiger partial charge in [0.2, 0.25) is 0 Å². The predicted molar refractivity (Wildman–Crippen MR) is 68.2 cm³/mol. The van der Waals surface area contributed by atoms with E-state index in [-0.39, 0.29) is 11.1 Å². The number of benzene rings is 1. The molecule has 0 atom stereocenters. The van der Waals surface area contributed by atoms with E-state index in [9.17, 15) is 23.2 Å². The van der Waals surface area contributed by atoms with Crippen molar-refractivity contribution in [2.24, 2.45) is 0 Å². The van der Waals surface area contributed by atoms with E-state index >= 15 is 0 Å². The van der Waals surface area contributed by atoms with Crippen molar-refractivity contribution in [3.8, 4) is 5.69 Å². The predicted octanol–water partition coefficient (Wildman–Crippen LogP) is 0.581. The molecule has 3 rings (SSSR count). The Balaban J connectivity index is 2.42. The molecule has 3 N–H and O–H groups in total. The fourth-order valence-electron chi connectivity index (χ4n) is 2.21. The van der Waals surface area contributed by atoms with E-state index in [4.69, 9.17) is 5.73 Å². The van der Waals surface area contributed by atoms with Crippen LogP contribution in [0.1, 0.15) is 20.7 Å². The molecular formula is C13H7F2N3O3. The fourth-order valence-corrected chi connectivity index (χ4v) is 2.21. The quantitative estimate of drug-likeness (QED) is 0.751. The summed E-state index contributed by atoms with van der Waals surface area (Å²) in [6.07, 6.45) is 0. The summed E-state index contributed by atoms with van der Waals surface area (Å²) in [7, 11) is 0. The number of anilines is 1. The minimum Gasteiger partial charge on any atom is -0.384 e. The van der Waals surface area contributed by atoms with Crippen LogP contribution in [0.15, 0.2) is 29.1 Å². The van der Waals surface area contributed by atoms with Gasteiger partial charge in [-0.05, 0) is 12.1 Å². The van der Waals surface area contributed by atoms with Crippen LogP contribution < -0.4 is 16.6 Å². The maximum atomic E-state index is 13.8. The SMILES string of the molecule is Nc1c2c(cc(=O)n1-c1c(F)cccc1F)C(=O)NC2=O. The van der Waals surface area contributed by atoms with Gasteiger partial charge in [0, 0.05) is 6.07 Å². The van der Waals surface area contributed by atoms with Gasteiger partial charge in [-0.15, -0.1) is 0 Å². The summed E-state index contributed by atoms with van der Waals surface area (Å²) in [5, 5.41) is 1.96. The number of carbonyl (C=O) groups excluding carboxylic acids is 2. The molecule has 0 saturated carbocycles. The Bertz CT molecular complexity index is 853. The van der Waals surface area contributed by atoms with E-state index in [0.29, 0.717) is 4.57 Å². The Hall–Kier alpha value is -3.03. The number of fused-ring (bicyclic) bond motifs is 1. The Labute approximate surface area is 115 Å². The first-order chi connectivity index (χ1) is 9.91. The number of hydrogen-bond donors (Lipinski definition) is 2. The zero-order valence-electron chi connectivity index (χ0n) is 10.3. The Morgan fingerprint density at radius 2 is 1.67 bits per heavy atom. The van der Waals surface area contributed by atoms with Gasteiger partial charge in [-0.1, -0.05) is 6.07 Å². The number of nitrogens with two attached hydrogens (primary N) is 1. The number of halogens is 2. The van der Waals surface area contributed by atoms with Crippen LogP contribution >= 0.6 is 0 Å². The molecule has 1 aliphatic rings. The second-order valence-corrected chi connectivity index (χ2v) is 4.35. The molecule has 6 nitrogen and oxygen atoms in total. The van der Waals surface area contributed by atoms with E-state index in [0.717, 1.165) is 24.3 Å². The topological polar surface area (TPSA) is 94.2 Å². The molecule has 0 bridgehead atoms. The van der Waals surface area contributed by atoms with Crippen LogP contribution in [0.4, 0.5) is 14.6 Å². The van der Waals surface area contributed by atoms with Gasteiger partial charge in [0.15, 0.2) is 0 Å². The highest BCUT2D eigenvalue weighted by Gasteiger charge is 2.32. The van der Waals surface area contributed by atoms with Gasteiger partial charge in [0.1, 0.15) is 23.1 Å². The standard InChI is InChI=1S/C13H7F2N3O3/c14-6-2-1-3-7(15)10(6)18-8(19)4-5-9(11(18)16)13(21)17-12(5)20/h1-4H,16H2,(H,17,20,21). The number of carbonyl (C=O) groups is 2. The second-order valence-electron chi connectivity index (χ2n) is 4.35. The van der Waals surface area contributed by atoms with Crippen molar-refractivity contribution < 1.29 is 18.4 Å². The van der Waals surface area contributed by atoms with Gasteiger partial charge in [0.05, 0.1) is 11.1 Å². The van der Waals surface area contributed by atoms with Gasteiger partial charge < -0.3 is 5.73 Å². The highest BCUT2D eigenvalue weighted by Crippen LogP contribution is 2.25. The summed E-state index contributed by atoms with van der Waals surface area (Å²) in [6, 6.07) is 3.84. The molecule has 1 aliphatic heterocycles. The zero-order valence-corrected chi connectivity index (χ0v) is 10.3. The molecule has 1 aromatic carbocycles. The first-order valence-corrected chi connectivity index (χ1v) is 5.77. The molecule has 0 fully saturated rings. The van der Waals surface area contributed by atoms with Crippen LogP contribution in [0.5, 0.6) is 0 Å². The normalized spacial score (nSPS) is 13.2. The average Bonchev–Trinajstić information content (AvgIpc) is 2.68. The summed E-state index contributed by atoms with van der Waals surface area (Å²) < 4.78 is 28.1. The third-order valence-electron chi connectivity index (χ3n) is 3.11. The number of hydrogen-bond acceptors (Lipinski definition) is 4. The van der Waals surface area contributed by atoms with Crippen LogP contribution in [0.25, 0.3) is 5.69 Å². The first-order valence-electron chi connectivity index (χ1n) is 5.77. The number of rotatable bonds is 1. The molecular weight excluding hydrogens is 284 g/mol. The van der Waals surface area contributed by atoms with Crippen molar-refractivity contribution in [3.05, 3.63) is 57.4 Å². The van der Waals surface area contributed by atoms with E-state index in [1.54, 1.807) is 0 Å². The lowest BCUT2D eigenvalue weighted by molar-refractivity contribution is 0.0880. The number of nitrogens with zero attached hydrogens (tertiary/aromatic N) is 1. The van der Waals surface area contributed by atoms with Gasteiger partial charge in [-0.25, -0.2) is 8.78 Å². The Kier molecular flexibility index (Phi) is 2.62. The van der Waals surface area contributed by atoms with E-state index in [2.05, 4.69) is 0 Å². The van der Waals surface area contributed by atoms with E-state index in [1.165, 1.54) is 0 Å². The van der Waals surface area contributed by atoms with Crippen LogP contribution in [0.2, 0.25) is 0 Å². The average molecular weight is 291 g/mol. The van der Waals surface area contributed by atoms with Crippen LogP contribution in [0.3, 0.4) is 0 Å². The summed E-state index contributed by atoms with van der Waals surface area (Å²) >= 11 is 0. The molecule has 2 amide bonds. The van der Waals surface area contributed by atoms with Crippen LogP contribution in [-0.2, 0) is 0 Å². The van der Waals surface area contributed by atoms with Gasteiger partial charge >= 0.3 is 0 Å². The molecule has 2 aromatic rings. The fraction of sp³-hybridized carbons (Fsp3) is 0. The Morgan fingerprint density at radius 3 is 2.29 bits per heavy atom. The second kappa shape index (κ2) is 4.23. The van der Waals surface area contributed by atoms with Gasteiger partial charge in [-0.3, -0.25) is 24.3 Å². The lowest BCUT2D eigenvalue weighted by Crippen LogP contribution is -2.25. The molecule has 2 heterocycles. The lowest BCUT2D eigenvalue weighted by Gasteiger charge is -2.13. The number of aromatic nitrogens is 1. The summed E-state index contributed by atoms with van der Waals surface area (Å²) in [4.78, 5) is 35.1. The molecule has 1 aromatic heterocycles. The minimum absolute atomic E-state index is 0.213. The van der Waals surface area contributed by atoms with Crippen molar-refractivity contribution in [2.75, 3.05) is 5.73 Å². The minimum atomic E-state index is -1.02. The molecule has 0 unspecified atom stereocenters. The molecule has 21 heavy (non-hydrogen) atoms. The van der Waals surface area contributed by atoms with Crippen molar-refractivity contribution in [2.45, 2.75) is 0 Å². The molecule has 8 heteroatoms. The van der Waals surface area contributed by atoms with Crippen molar-refractivity contribution in [1.82, 2.24) is 9.88 Å². The van der Waals surface area contributed by atoms with Gasteiger partial charge in [0.25, 0.3) is 17.4 Å². The zero-order chi connectivity index (χ0) is 15.3. The maximum Gasteiger partial charge on any atom is 0.262 e. The number of nitrogen functional groups attached to an aromatic ring is 1. The highest BCUT2D eigenvalue weighted by molar-refractivity contribution is 6.23. The van der Waals surface area contributed by atoms with Crippen molar-refractivity contribution in [3.63, 3.8) is 0 Å². The van der Waals surface area contributed by atoms with Gasteiger partial charge in [-0.2, -0.15) is 0 Å². The number of imide groups is 1. The Morgan fingerprint density at radius 1 is 1.05 bits per heavy atom. The third-order valence-corrected chi connectivity index (χ3v) is 3.11. The summed E-state index contributed by atoms with van der Waals surface area (Å²) in [5.41, 5.74) is 3.57. The molecule has 0 spiro atoms. The number of amides is 2. The molecule has 0 aliphatic carbocycles. The number of para-hydroxylation sites is 1. The monoisotopic (exact) mass is 291 g/mol. The van der Waals surface area contributed by atoms with Crippen LogP contribution in [-0.4, -0.2) is 16.4 Å². The number of pyridine rings is 1. The maximum absolute atomic E-state index is 13.8. The molecule has 0 saturated heterocycles. The van der Waals surface area contributed by atoms with E-state index < -0.39 is 40.5 Å². The highest BCUT2D eigenvalue weighted by atomic mass is 19.1. The smallest absolute Gasteiger partial charge is 0.262 e. The van der Waals surface area contributed by atoms with Crippen molar-refractivity contribution in [1.29, 1.82) is 0 Å². The number of nitrogens with one attached hydrogen (secondary N) is 1. The summed E-state index contributed by atoms with van der Waals surface area (Å²) in [5.74, 6) is -4.13. The van der Waals surface area contributed by atoms with Crippen molar-refractivity contribution >= 4 is 17.6 Å². The van der Waals surface area contributed by atoms with E-state index in [1.807, 2.05) is 5.32 Å². The lowest BCUT2D eigenvalue weighted by atomic mass is 10.1.